The minimum atomic E-state index is -0.699. The Kier molecular flexibility index (Phi) is 8.52. The van der Waals surface area contributed by atoms with Gasteiger partial charge in [0.15, 0.2) is 5.75 Å². The molecular formula is C32H33N5O5. The van der Waals surface area contributed by atoms with E-state index in [4.69, 9.17) is 0 Å². The van der Waals surface area contributed by atoms with Crippen molar-refractivity contribution in [2.24, 2.45) is 0 Å². The van der Waals surface area contributed by atoms with E-state index in [2.05, 4.69) is 21.3 Å². The number of carbonyl (C=O) groups is 2. The summed E-state index contributed by atoms with van der Waals surface area (Å²) in [6, 6.07) is 22.5. The van der Waals surface area contributed by atoms with E-state index in [9.17, 15) is 24.3 Å². The standard InChI is InChI=1S/C32H33N5O5/c1-2-24(20-11-5-3-6-12-20)35-26-27(30(40)29(26)39)36-25-17-9-16-23(28(25)38)31(41)37-18-10-15-22(19-37)34-32(42)33-21-13-7-4-8-14-21/h3-9,11-14,16-17,22,24,35-36,38H,2,10,15,18-19H2,1H3,(H2,33,34,42)/t22?,24-/m1/s1. The van der Waals surface area contributed by atoms with Crippen LogP contribution in [0.1, 0.15) is 48.1 Å². The molecule has 42 heavy (non-hydrogen) atoms. The van der Waals surface area contributed by atoms with Crippen LogP contribution in [0.15, 0.2) is 88.5 Å². The van der Waals surface area contributed by atoms with Crippen molar-refractivity contribution < 1.29 is 14.7 Å². The first kappa shape index (κ1) is 28.4. The van der Waals surface area contributed by atoms with Crippen molar-refractivity contribution in [1.29, 1.82) is 0 Å². The van der Waals surface area contributed by atoms with Gasteiger partial charge in [0.05, 0.1) is 17.3 Å². The van der Waals surface area contributed by atoms with Gasteiger partial charge >= 0.3 is 6.03 Å². The zero-order chi connectivity index (χ0) is 29.6. The summed E-state index contributed by atoms with van der Waals surface area (Å²) in [5.74, 6) is -0.724. The van der Waals surface area contributed by atoms with Crippen LogP contribution < -0.4 is 32.1 Å². The molecule has 0 aliphatic carbocycles. The Morgan fingerprint density at radius 1 is 0.929 bits per heavy atom. The number of anilines is 4. The zero-order valence-electron chi connectivity index (χ0n) is 23.2. The third kappa shape index (κ3) is 6.12. The van der Waals surface area contributed by atoms with Crippen LogP contribution in [0.25, 0.3) is 0 Å². The molecule has 0 aromatic heterocycles. The molecular weight excluding hydrogens is 534 g/mol. The number of carbonyl (C=O) groups excluding carboxylic acids is 2. The quantitative estimate of drug-likeness (QED) is 0.146. The van der Waals surface area contributed by atoms with E-state index in [1.807, 2.05) is 55.5 Å². The highest BCUT2D eigenvalue weighted by molar-refractivity contribution is 5.99. The summed E-state index contributed by atoms with van der Waals surface area (Å²) in [5, 5.41) is 22.8. The molecule has 10 heteroatoms. The second-order valence-corrected chi connectivity index (χ2v) is 10.3. The second-order valence-electron chi connectivity index (χ2n) is 10.3. The number of para-hydroxylation sites is 2. The normalized spacial score (nSPS) is 15.5. The number of piperidine rings is 1. The average Bonchev–Trinajstić information content (AvgIpc) is 3.02. The summed E-state index contributed by atoms with van der Waals surface area (Å²) < 4.78 is 0. The molecule has 1 aliphatic rings. The first-order valence-electron chi connectivity index (χ1n) is 14.0. The number of phenolic OH excluding ortho intramolecular Hbond substituents is 1. The van der Waals surface area contributed by atoms with Gasteiger partial charge in [-0.1, -0.05) is 61.5 Å². The van der Waals surface area contributed by atoms with Gasteiger partial charge in [0.1, 0.15) is 11.4 Å². The lowest BCUT2D eigenvalue weighted by Gasteiger charge is -2.33. The number of aromatic hydroxyl groups is 1. The highest BCUT2D eigenvalue weighted by atomic mass is 16.3. The first-order chi connectivity index (χ1) is 20.4. The molecule has 4 aromatic carbocycles. The molecule has 5 rings (SSSR count). The Balaban J connectivity index is 1.27. The lowest BCUT2D eigenvalue weighted by atomic mass is 10.0. The number of amides is 3. The molecule has 10 nitrogen and oxygen atoms in total. The Morgan fingerprint density at radius 3 is 2.33 bits per heavy atom. The van der Waals surface area contributed by atoms with Gasteiger partial charge in [0.2, 0.25) is 0 Å². The number of urea groups is 1. The predicted molar refractivity (Wildman–Crippen MR) is 163 cm³/mol. The molecule has 0 radical (unpaired) electrons. The molecule has 216 valence electrons. The van der Waals surface area contributed by atoms with E-state index in [1.54, 1.807) is 23.1 Å². The van der Waals surface area contributed by atoms with E-state index < -0.39 is 16.8 Å². The van der Waals surface area contributed by atoms with Gasteiger partial charge in [0.25, 0.3) is 16.8 Å². The summed E-state index contributed by atoms with van der Waals surface area (Å²) in [7, 11) is 0. The predicted octanol–water partition coefficient (Wildman–Crippen LogP) is 4.72. The molecule has 1 aliphatic heterocycles. The van der Waals surface area contributed by atoms with Gasteiger partial charge in [-0.25, -0.2) is 4.79 Å². The van der Waals surface area contributed by atoms with Gasteiger partial charge < -0.3 is 31.3 Å². The molecule has 0 saturated carbocycles. The van der Waals surface area contributed by atoms with Crippen LogP contribution in [-0.4, -0.2) is 41.1 Å². The summed E-state index contributed by atoms with van der Waals surface area (Å²) >= 11 is 0. The zero-order valence-corrected chi connectivity index (χ0v) is 23.2. The molecule has 0 spiro atoms. The van der Waals surface area contributed by atoms with Crippen LogP contribution in [0.2, 0.25) is 0 Å². The minimum absolute atomic E-state index is 0.0425. The smallest absolute Gasteiger partial charge is 0.319 e. The molecule has 1 fully saturated rings. The van der Waals surface area contributed by atoms with E-state index in [0.717, 1.165) is 5.56 Å². The Labute approximate surface area is 243 Å². The molecule has 4 aromatic rings. The number of likely N-dealkylation sites (tertiary alicyclic amines) is 1. The topological polar surface area (TPSA) is 140 Å². The fourth-order valence-corrected chi connectivity index (χ4v) is 5.20. The maximum atomic E-state index is 13.5. The van der Waals surface area contributed by atoms with Crippen LogP contribution in [0.5, 0.6) is 5.75 Å². The van der Waals surface area contributed by atoms with E-state index in [-0.39, 0.29) is 53.0 Å². The van der Waals surface area contributed by atoms with Crippen molar-refractivity contribution in [2.75, 3.05) is 29.0 Å². The third-order valence-corrected chi connectivity index (χ3v) is 7.44. The molecule has 2 atom stereocenters. The highest BCUT2D eigenvalue weighted by Gasteiger charge is 2.29. The maximum absolute atomic E-state index is 13.5. The fraction of sp³-hybridized carbons (Fsp3) is 0.250. The molecule has 0 bridgehead atoms. The van der Waals surface area contributed by atoms with Crippen LogP contribution in [0.4, 0.5) is 27.5 Å². The highest BCUT2D eigenvalue weighted by Crippen LogP contribution is 2.34. The number of phenols is 1. The van der Waals surface area contributed by atoms with E-state index >= 15 is 0 Å². The minimum Gasteiger partial charge on any atom is -0.505 e. The average molecular weight is 568 g/mol. The lowest BCUT2D eigenvalue weighted by Crippen LogP contribution is -2.50. The fourth-order valence-electron chi connectivity index (χ4n) is 5.20. The van der Waals surface area contributed by atoms with E-state index in [0.29, 0.717) is 31.5 Å². The monoisotopic (exact) mass is 567 g/mol. The van der Waals surface area contributed by atoms with Crippen molar-refractivity contribution in [3.63, 3.8) is 0 Å². The third-order valence-electron chi connectivity index (χ3n) is 7.44. The lowest BCUT2D eigenvalue weighted by molar-refractivity contribution is 0.0695. The molecule has 5 N–H and O–H groups in total. The summed E-state index contributed by atoms with van der Waals surface area (Å²) in [6.45, 7) is 2.72. The van der Waals surface area contributed by atoms with Gasteiger partial charge in [0, 0.05) is 24.8 Å². The second kappa shape index (κ2) is 12.6. The van der Waals surface area contributed by atoms with Gasteiger partial charge in [-0.3, -0.25) is 14.4 Å². The van der Waals surface area contributed by atoms with Crippen LogP contribution >= 0.6 is 0 Å². The Morgan fingerprint density at radius 2 is 1.62 bits per heavy atom. The van der Waals surface area contributed by atoms with Crippen LogP contribution in [0.3, 0.4) is 0 Å². The van der Waals surface area contributed by atoms with Crippen molar-refractivity contribution in [3.05, 3.63) is 110 Å². The summed E-state index contributed by atoms with van der Waals surface area (Å²) in [4.78, 5) is 52.5. The van der Waals surface area contributed by atoms with Gasteiger partial charge in [-0.2, -0.15) is 0 Å². The van der Waals surface area contributed by atoms with Crippen molar-refractivity contribution in [3.8, 4) is 5.75 Å². The van der Waals surface area contributed by atoms with Crippen molar-refractivity contribution in [1.82, 2.24) is 10.2 Å². The Bertz CT molecular complexity index is 1630. The van der Waals surface area contributed by atoms with Gasteiger partial charge in [-0.15, -0.1) is 0 Å². The molecule has 3 amide bonds. The number of benzene rings is 3. The number of hydrogen-bond donors (Lipinski definition) is 5. The number of rotatable bonds is 9. The van der Waals surface area contributed by atoms with Gasteiger partial charge in [-0.05, 0) is 49.1 Å². The SMILES string of the molecule is CC[C@@H](Nc1c(Nc2cccc(C(=O)N3CCCC(NC(=O)Nc4ccccc4)C3)c2O)c(=O)c1=O)c1ccccc1. The number of hydrogen-bond acceptors (Lipinski definition) is 7. The molecule has 1 unspecified atom stereocenters. The Hall–Kier alpha value is -5.12. The van der Waals surface area contributed by atoms with Crippen molar-refractivity contribution in [2.45, 2.75) is 38.3 Å². The first-order valence-corrected chi connectivity index (χ1v) is 14.0. The maximum Gasteiger partial charge on any atom is 0.319 e. The van der Waals surface area contributed by atoms with Crippen molar-refractivity contribution >= 4 is 34.7 Å². The summed E-state index contributed by atoms with van der Waals surface area (Å²) in [6.07, 6.45) is 2.07. The van der Waals surface area contributed by atoms with E-state index in [1.165, 1.54) is 12.1 Å². The molecule has 1 heterocycles. The number of nitrogens with zero attached hydrogens (tertiary/aromatic N) is 1. The summed E-state index contributed by atoms with van der Waals surface area (Å²) in [5.41, 5.74) is 0.680. The number of nitrogens with one attached hydrogen (secondary N) is 4. The largest absolute Gasteiger partial charge is 0.505 e. The van der Waals surface area contributed by atoms with Crippen LogP contribution in [-0.2, 0) is 0 Å². The van der Waals surface area contributed by atoms with Crippen LogP contribution in [0, 0.1) is 0 Å². The molecule has 1 saturated heterocycles.